The highest BCUT2D eigenvalue weighted by Gasteiger charge is 2.63. The zero-order chi connectivity index (χ0) is 17.3. The number of carbonyl (C=O) groups excluding carboxylic acids is 1. The molecule has 24 heavy (non-hydrogen) atoms. The maximum Gasteiger partial charge on any atom is 0.245 e. The molecule has 0 radical (unpaired) electrons. The van der Waals surface area contributed by atoms with E-state index in [1.165, 1.54) is 24.3 Å². The van der Waals surface area contributed by atoms with Crippen LogP contribution in [0.4, 0.5) is 10.1 Å². The van der Waals surface area contributed by atoms with E-state index in [0.717, 1.165) is 19.3 Å². The van der Waals surface area contributed by atoms with Crippen LogP contribution in [-0.2, 0) is 15.6 Å². The highest BCUT2D eigenvalue weighted by atomic mass is 35.5. The summed E-state index contributed by atoms with van der Waals surface area (Å²) < 4.78 is 25.0. The molecule has 0 aliphatic heterocycles. The lowest BCUT2D eigenvalue weighted by Gasteiger charge is -2.36. The number of rotatable bonds is 6. The van der Waals surface area contributed by atoms with Crippen LogP contribution >= 0.6 is 11.6 Å². The molecule has 2 bridgehead atoms. The standard InChI is InChI=1S/C18H21ClFNO2S/c1-2-3-10-24(23)18(13-5-4-12(11-13)16(18)19)17(22)21-15-8-6-14(20)7-9-15/h4-9,12-13,16H,2-3,10-11H2,1H3,(H,21,22)/t12-,13+,16+,18-,24+/m0/s1. The van der Waals surface area contributed by atoms with E-state index in [-0.39, 0.29) is 23.6 Å². The molecule has 0 aromatic heterocycles. The number of fused-ring (bicyclic) bond motifs is 2. The quantitative estimate of drug-likeness (QED) is 0.611. The fourth-order valence-electron chi connectivity index (χ4n) is 3.68. The summed E-state index contributed by atoms with van der Waals surface area (Å²) in [5, 5.41) is 2.33. The van der Waals surface area contributed by atoms with E-state index < -0.39 is 20.9 Å². The molecule has 0 spiro atoms. The van der Waals surface area contributed by atoms with Crippen molar-refractivity contribution in [2.45, 2.75) is 36.3 Å². The number of nitrogens with one attached hydrogen (secondary N) is 1. The summed E-state index contributed by atoms with van der Waals surface area (Å²) in [6.07, 6.45) is 6.49. The van der Waals surface area contributed by atoms with E-state index in [0.29, 0.717) is 11.4 Å². The maximum atomic E-state index is 13.1. The number of allylic oxidation sites excluding steroid dienone is 2. The third-order valence-corrected chi connectivity index (χ3v) is 7.92. The Morgan fingerprint density at radius 2 is 2.08 bits per heavy atom. The molecule has 3 rings (SSSR count). The first kappa shape index (κ1) is 17.6. The van der Waals surface area contributed by atoms with Gasteiger partial charge >= 0.3 is 0 Å². The third kappa shape index (κ3) is 2.82. The third-order valence-electron chi connectivity index (χ3n) is 4.97. The highest BCUT2D eigenvalue weighted by Crippen LogP contribution is 2.53. The summed E-state index contributed by atoms with van der Waals surface area (Å²) in [5.41, 5.74) is 0.490. The van der Waals surface area contributed by atoms with Crippen LogP contribution in [0.2, 0.25) is 0 Å². The van der Waals surface area contributed by atoms with Crippen molar-refractivity contribution in [2.24, 2.45) is 11.8 Å². The molecular formula is C18H21ClFNO2S. The number of benzene rings is 1. The largest absolute Gasteiger partial charge is 0.325 e. The molecule has 0 saturated heterocycles. The van der Waals surface area contributed by atoms with Gasteiger partial charge in [-0.25, -0.2) is 4.39 Å². The average Bonchev–Trinajstić information content (AvgIpc) is 3.15. The second-order valence-electron chi connectivity index (χ2n) is 6.45. The van der Waals surface area contributed by atoms with E-state index >= 15 is 0 Å². The van der Waals surface area contributed by atoms with Crippen LogP contribution in [0.5, 0.6) is 0 Å². The van der Waals surface area contributed by atoms with Gasteiger partial charge < -0.3 is 5.32 Å². The number of unbranched alkanes of at least 4 members (excludes halogenated alkanes) is 1. The monoisotopic (exact) mass is 369 g/mol. The van der Waals surface area contributed by atoms with Gasteiger partial charge in [0.05, 0.1) is 5.38 Å². The minimum Gasteiger partial charge on any atom is -0.325 e. The Kier molecular flexibility index (Phi) is 5.11. The molecule has 2 aliphatic rings. The van der Waals surface area contributed by atoms with E-state index in [1.807, 2.05) is 19.1 Å². The lowest BCUT2D eigenvalue weighted by atomic mass is 9.91. The van der Waals surface area contributed by atoms with Gasteiger partial charge in [-0.1, -0.05) is 25.5 Å². The first-order valence-corrected chi connectivity index (χ1v) is 10.0. The van der Waals surface area contributed by atoms with Crippen LogP contribution in [0.25, 0.3) is 0 Å². The summed E-state index contributed by atoms with van der Waals surface area (Å²) in [6, 6.07) is 5.58. The summed E-state index contributed by atoms with van der Waals surface area (Å²) in [5.74, 6) is -0.245. The Hall–Kier alpha value is -1.20. The van der Waals surface area contributed by atoms with Crippen LogP contribution in [-0.4, -0.2) is 26.0 Å². The van der Waals surface area contributed by atoms with Gasteiger partial charge in [0.25, 0.3) is 0 Å². The first-order chi connectivity index (χ1) is 11.5. The molecule has 1 amide bonds. The highest BCUT2D eigenvalue weighted by molar-refractivity contribution is 7.87. The molecule has 1 fully saturated rings. The fourth-order valence-corrected chi connectivity index (χ4v) is 6.51. The first-order valence-electron chi connectivity index (χ1n) is 8.28. The van der Waals surface area contributed by atoms with Gasteiger partial charge in [0, 0.05) is 28.2 Å². The minimum atomic E-state index is -1.36. The molecule has 2 aliphatic carbocycles. The van der Waals surface area contributed by atoms with Crippen molar-refractivity contribution in [3.63, 3.8) is 0 Å². The van der Waals surface area contributed by atoms with Gasteiger partial charge in [-0.3, -0.25) is 9.00 Å². The normalized spacial score (nSPS) is 32.0. The number of hydrogen-bond donors (Lipinski definition) is 1. The average molecular weight is 370 g/mol. The number of halogens is 2. The number of alkyl halides is 1. The topological polar surface area (TPSA) is 46.2 Å². The smallest absolute Gasteiger partial charge is 0.245 e. The summed E-state index contributed by atoms with van der Waals surface area (Å²) in [7, 11) is -1.36. The lowest BCUT2D eigenvalue weighted by molar-refractivity contribution is -0.119. The zero-order valence-corrected chi connectivity index (χ0v) is 15.1. The Bertz CT molecular complexity index is 678. The van der Waals surface area contributed by atoms with Crippen LogP contribution < -0.4 is 5.32 Å². The molecule has 6 heteroatoms. The zero-order valence-electron chi connectivity index (χ0n) is 13.5. The molecule has 5 atom stereocenters. The molecule has 0 unspecified atom stereocenters. The Balaban J connectivity index is 1.90. The van der Waals surface area contributed by atoms with Gasteiger partial charge in [-0.15, -0.1) is 11.6 Å². The van der Waals surface area contributed by atoms with Gasteiger partial charge in [-0.2, -0.15) is 0 Å². The molecule has 0 heterocycles. The van der Waals surface area contributed by atoms with E-state index in [4.69, 9.17) is 11.6 Å². The molecule has 1 aromatic rings. The number of hydrogen-bond acceptors (Lipinski definition) is 2. The predicted molar refractivity (Wildman–Crippen MR) is 96.1 cm³/mol. The molecular weight excluding hydrogens is 349 g/mol. The minimum absolute atomic E-state index is 0.0845. The molecule has 1 aromatic carbocycles. The van der Waals surface area contributed by atoms with Crippen molar-refractivity contribution in [1.82, 2.24) is 0 Å². The van der Waals surface area contributed by atoms with E-state index in [1.54, 1.807) is 0 Å². The lowest BCUT2D eigenvalue weighted by Crippen LogP contribution is -2.56. The fraction of sp³-hybridized carbons (Fsp3) is 0.500. The molecule has 3 nitrogen and oxygen atoms in total. The van der Waals surface area contributed by atoms with Crippen molar-refractivity contribution in [1.29, 1.82) is 0 Å². The molecule has 130 valence electrons. The van der Waals surface area contributed by atoms with Crippen molar-refractivity contribution in [3.8, 4) is 0 Å². The summed E-state index contributed by atoms with van der Waals surface area (Å²) in [6.45, 7) is 2.03. The molecule has 1 N–H and O–H groups in total. The summed E-state index contributed by atoms with van der Waals surface area (Å²) >= 11 is 6.63. The number of amides is 1. The van der Waals surface area contributed by atoms with Gasteiger partial charge in [-0.05, 0) is 43.0 Å². The van der Waals surface area contributed by atoms with Crippen LogP contribution in [0.1, 0.15) is 26.2 Å². The van der Waals surface area contributed by atoms with Crippen LogP contribution in [0, 0.1) is 17.7 Å². The Morgan fingerprint density at radius 3 is 2.67 bits per heavy atom. The van der Waals surface area contributed by atoms with E-state index in [2.05, 4.69) is 5.32 Å². The van der Waals surface area contributed by atoms with Gasteiger partial charge in [0.1, 0.15) is 10.6 Å². The van der Waals surface area contributed by atoms with Crippen molar-refractivity contribution in [3.05, 3.63) is 42.2 Å². The van der Waals surface area contributed by atoms with Crippen molar-refractivity contribution >= 4 is 34.0 Å². The Morgan fingerprint density at radius 1 is 1.38 bits per heavy atom. The Labute approximate surface area is 149 Å². The van der Waals surface area contributed by atoms with Crippen molar-refractivity contribution in [2.75, 3.05) is 11.1 Å². The summed E-state index contributed by atoms with van der Waals surface area (Å²) in [4.78, 5) is 13.1. The van der Waals surface area contributed by atoms with Crippen LogP contribution in [0.3, 0.4) is 0 Å². The van der Waals surface area contributed by atoms with E-state index in [9.17, 15) is 13.4 Å². The predicted octanol–water partition coefficient (Wildman–Crippen LogP) is 3.87. The molecule has 1 saturated carbocycles. The van der Waals surface area contributed by atoms with Gasteiger partial charge in [0.2, 0.25) is 5.91 Å². The maximum absolute atomic E-state index is 13.1. The number of anilines is 1. The number of carbonyl (C=O) groups is 1. The van der Waals surface area contributed by atoms with Crippen LogP contribution in [0.15, 0.2) is 36.4 Å². The SMILES string of the molecule is CCCC[S@@](=O)[C@@]1(C(=O)Nc2ccc(F)cc2)[C@@H]2C=C[C@@H](C2)[C@H]1Cl. The van der Waals surface area contributed by atoms with Crippen molar-refractivity contribution < 1.29 is 13.4 Å². The van der Waals surface area contributed by atoms with Gasteiger partial charge in [0.15, 0.2) is 0 Å². The second-order valence-corrected chi connectivity index (χ2v) is 8.70. The second kappa shape index (κ2) is 6.96.